The maximum atomic E-state index is 14.3. The number of carbonyl (C=O) groups is 2. The molecule has 1 aliphatic heterocycles. The molecule has 0 radical (unpaired) electrons. The number of amides is 2. The summed E-state index contributed by atoms with van der Waals surface area (Å²) in [6.45, 7) is 0. The number of alkyl halides is 3. The second kappa shape index (κ2) is 8.08. The first-order chi connectivity index (χ1) is 15.1. The second-order valence-electron chi connectivity index (χ2n) is 6.47. The van der Waals surface area contributed by atoms with E-state index in [0.29, 0.717) is 15.8 Å². The third-order valence-corrected chi connectivity index (χ3v) is 5.25. The number of thiophene rings is 1. The molecule has 0 aliphatic carbocycles. The first-order valence-electron chi connectivity index (χ1n) is 8.89. The van der Waals surface area contributed by atoms with Gasteiger partial charge in [-0.2, -0.15) is 0 Å². The molecule has 0 unspecified atom stereocenters. The largest absolute Gasteiger partial charge is 0.573 e. The van der Waals surface area contributed by atoms with Crippen molar-refractivity contribution >= 4 is 40.1 Å². The highest BCUT2D eigenvalue weighted by Crippen LogP contribution is 2.36. The Morgan fingerprint density at radius 1 is 0.938 bits per heavy atom. The summed E-state index contributed by atoms with van der Waals surface area (Å²) in [5.74, 6) is -4.19. The van der Waals surface area contributed by atoms with Crippen LogP contribution in [0, 0.1) is 11.6 Å². The quantitative estimate of drug-likeness (QED) is 0.409. The van der Waals surface area contributed by atoms with E-state index in [4.69, 9.17) is 0 Å². The van der Waals surface area contributed by atoms with E-state index < -0.39 is 41.2 Å². The Morgan fingerprint density at radius 3 is 2.25 bits per heavy atom. The summed E-state index contributed by atoms with van der Waals surface area (Å²) in [5, 5.41) is 4.39. The van der Waals surface area contributed by atoms with Gasteiger partial charge in [0, 0.05) is 16.6 Å². The van der Waals surface area contributed by atoms with Crippen molar-refractivity contribution in [2.24, 2.45) is 0 Å². The van der Waals surface area contributed by atoms with Crippen LogP contribution in [0.15, 0.2) is 65.7 Å². The molecule has 2 aromatic carbocycles. The lowest BCUT2D eigenvalue weighted by atomic mass is 10.2. The van der Waals surface area contributed by atoms with Crippen molar-refractivity contribution in [2.75, 3.05) is 10.2 Å². The van der Waals surface area contributed by atoms with Crippen LogP contribution >= 0.6 is 11.3 Å². The Kier molecular flexibility index (Phi) is 5.43. The van der Waals surface area contributed by atoms with Gasteiger partial charge in [-0.15, -0.1) is 24.5 Å². The molecule has 0 saturated carbocycles. The number of nitrogens with one attached hydrogen (secondary N) is 1. The van der Waals surface area contributed by atoms with Crippen LogP contribution in [0.1, 0.15) is 4.88 Å². The van der Waals surface area contributed by atoms with Gasteiger partial charge in [0.15, 0.2) is 0 Å². The molecule has 32 heavy (non-hydrogen) atoms. The Labute approximate surface area is 181 Å². The third kappa shape index (κ3) is 4.19. The van der Waals surface area contributed by atoms with E-state index in [0.717, 1.165) is 35.6 Å². The van der Waals surface area contributed by atoms with Crippen molar-refractivity contribution in [1.29, 1.82) is 0 Å². The van der Waals surface area contributed by atoms with Crippen molar-refractivity contribution in [3.8, 4) is 5.75 Å². The minimum Gasteiger partial charge on any atom is -0.406 e. The zero-order chi connectivity index (χ0) is 23.0. The number of ether oxygens (including phenoxy) is 1. The predicted molar refractivity (Wildman–Crippen MR) is 107 cm³/mol. The highest BCUT2D eigenvalue weighted by molar-refractivity contribution is 7.11. The molecule has 0 saturated heterocycles. The molecule has 1 aromatic heterocycles. The van der Waals surface area contributed by atoms with Crippen LogP contribution in [-0.2, 0) is 9.59 Å². The van der Waals surface area contributed by atoms with Gasteiger partial charge in [0.2, 0.25) is 0 Å². The number of nitrogens with zero attached hydrogens (tertiary/aromatic N) is 1. The number of hydrogen-bond acceptors (Lipinski definition) is 5. The van der Waals surface area contributed by atoms with Crippen molar-refractivity contribution in [3.63, 3.8) is 0 Å². The topological polar surface area (TPSA) is 58.6 Å². The van der Waals surface area contributed by atoms with Gasteiger partial charge in [0.05, 0.1) is 11.3 Å². The van der Waals surface area contributed by atoms with Crippen molar-refractivity contribution in [1.82, 2.24) is 0 Å². The number of rotatable bonds is 5. The summed E-state index contributed by atoms with van der Waals surface area (Å²) in [4.78, 5) is 27.1. The molecule has 2 amide bonds. The number of anilines is 2. The zero-order valence-electron chi connectivity index (χ0n) is 15.7. The van der Waals surface area contributed by atoms with E-state index >= 15 is 0 Å². The molecule has 3 aromatic rings. The predicted octanol–water partition coefficient (Wildman–Crippen LogP) is 5.32. The van der Waals surface area contributed by atoms with Gasteiger partial charge in [0.25, 0.3) is 11.8 Å². The molecule has 1 N–H and O–H groups in total. The Hall–Kier alpha value is -3.73. The minimum atomic E-state index is -4.86. The van der Waals surface area contributed by atoms with Crippen molar-refractivity contribution in [3.05, 3.63) is 82.2 Å². The lowest BCUT2D eigenvalue weighted by molar-refractivity contribution is -0.274. The molecule has 0 spiro atoms. The average molecular weight is 466 g/mol. The third-order valence-electron chi connectivity index (χ3n) is 4.36. The number of hydrogen-bond donors (Lipinski definition) is 1. The monoisotopic (exact) mass is 466 g/mol. The van der Waals surface area contributed by atoms with Crippen LogP contribution in [0.4, 0.5) is 33.3 Å². The van der Waals surface area contributed by atoms with Crippen LogP contribution in [0.25, 0.3) is 5.57 Å². The first kappa shape index (κ1) is 21.5. The number of halogens is 5. The Balaban J connectivity index is 1.71. The fourth-order valence-corrected chi connectivity index (χ4v) is 3.83. The molecule has 164 valence electrons. The highest BCUT2D eigenvalue weighted by atomic mass is 32.1. The molecular weight excluding hydrogens is 455 g/mol. The molecule has 0 bridgehead atoms. The Bertz CT molecular complexity index is 1220. The van der Waals surface area contributed by atoms with Gasteiger partial charge in [-0.1, -0.05) is 6.07 Å². The summed E-state index contributed by atoms with van der Waals surface area (Å²) in [7, 11) is 0. The van der Waals surface area contributed by atoms with E-state index in [2.05, 4.69) is 10.1 Å². The van der Waals surface area contributed by atoms with Crippen LogP contribution < -0.4 is 15.0 Å². The van der Waals surface area contributed by atoms with Gasteiger partial charge < -0.3 is 10.1 Å². The number of benzene rings is 2. The fourth-order valence-electron chi connectivity index (χ4n) is 3.06. The molecule has 5 nitrogen and oxygen atoms in total. The molecule has 2 heterocycles. The van der Waals surface area contributed by atoms with Crippen LogP contribution in [0.2, 0.25) is 0 Å². The van der Waals surface area contributed by atoms with Crippen molar-refractivity contribution in [2.45, 2.75) is 6.36 Å². The molecule has 4 rings (SSSR count). The van der Waals surface area contributed by atoms with Gasteiger partial charge in [-0.25, -0.2) is 13.7 Å². The fraction of sp³-hybridized carbons (Fsp3) is 0.0476. The zero-order valence-corrected chi connectivity index (χ0v) is 16.6. The summed E-state index contributed by atoms with van der Waals surface area (Å²) in [6.07, 6.45) is -4.86. The van der Waals surface area contributed by atoms with E-state index in [9.17, 15) is 31.5 Å². The molecular formula is C21H11F5N2O3S. The molecule has 0 fully saturated rings. The number of imide groups is 1. The maximum Gasteiger partial charge on any atom is 0.573 e. The SMILES string of the molecule is O=C1C(Nc2ccc(OC(F)(F)F)cc2)=C(c2cccs2)C(=O)N1c1ccc(F)cc1F. The lowest BCUT2D eigenvalue weighted by Crippen LogP contribution is -2.33. The van der Waals surface area contributed by atoms with Crippen LogP contribution in [0.3, 0.4) is 0 Å². The second-order valence-corrected chi connectivity index (χ2v) is 7.41. The van der Waals surface area contributed by atoms with E-state index in [1.54, 1.807) is 17.5 Å². The lowest BCUT2D eigenvalue weighted by Gasteiger charge is -2.16. The molecule has 1 aliphatic rings. The molecule has 11 heteroatoms. The van der Waals surface area contributed by atoms with Crippen molar-refractivity contribution < 1.29 is 36.3 Å². The van der Waals surface area contributed by atoms with Gasteiger partial charge >= 0.3 is 6.36 Å². The standard InChI is InChI=1S/C21H11F5N2O3S/c22-11-3-8-15(14(23)10-11)28-19(29)17(16-2-1-9-32-16)18(20(28)30)27-12-4-6-13(7-5-12)31-21(24,25)26/h1-10,27H. The van der Waals surface area contributed by atoms with Gasteiger partial charge in [-0.05, 0) is 47.8 Å². The number of carbonyl (C=O) groups excluding carboxylic acids is 2. The van der Waals surface area contributed by atoms with Crippen LogP contribution in [-0.4, -0.2) is 18.2 Å². The average Bonchev–Trinajstić information content (AvgIpc) is 3.30. The molecule has 0 atom stereocenters. The summed E-state index contributed by atoms with van der Waals surface area (Å²) < 4.78 is 68.5. The van der Waals surface area contributed by atoms with E-state index in [1.165, 1.54) is 12.1 Å². The maximum absolute atomic E-state index is 14.3. The normalized spacial score (nSPS) is 14.3. The minimum absolute atomic E-state index is 0.0515. The summed E-state index contributed by atoms with van der Waals surface area (Å²) >= 11 is 1.16. The summed E-state index contributed by atoms with van der Waals surface area (Å²) in [5.41, 5.74) is -0.498. The van der Waals surface area contributed by atoms with E-state index in [-0.39, 0.29) is 17.0 Å². The van der Waals surface area contributed by atoms with Gasteiger partial charge in [0.1, 0.15) is 23.1 Å². The smallest absolute Gasteiger partial charge is 0.406 e. The van der Waals surface area contributed by atoms with E-state index in [1.807, 2.05) is 0 Å². The first-order valence-corrected chi connectivity index (χ1v) is 9.77. The van der Waals surface area contributed by atoms with Gasteiger partial charge in [-0.3, -0.25) is 9.59 Å². The summed E-state index contributed by atoms with van der Waals surface area (Å²) in [6, 6.07) is 10.2. The Morgan fingerprint density at radius 2 is 1.66 bits per heavy atom. The highest BCUT2D eigenvalue weighted by Gasteiger charge is 2.42. The van der Waals surface area contributed by atoms with Crippen LogP contribution in [0.5, 0.6) is 5.75 Å².